The molecular formula is C15H23N3O. The number of hydrogen-bond donors (Lipinski definition) is 0. The van der Waals surface area contributed by atoms with Crippen molar-refractivity contribution >= 4 is 0 Å². The molecule has 0 aliphatic heterocycles. The molecule has 2 rings (SSSR count). The van der Waals surface area contributed by atoms with Crippen molar-refractivity contribution in [1.29, 1.82) is 5.26 Å². The molecular weight excluding hydrogens is 238 g/mol. The maximum absolute atomic E-state index is 8.90. The minimum Gasteiger partial charge on any atom is -0.339 e. The summed E-state index contributed by atoms with van der Waals surface area (Å²) in [5.74, 6) is 2.06. The van der Waals surface area contributed by atoms with E-state index >= 15 is 0 Å². The van der Waals surface area contributed by atoms with Crippen LogP contribution in [0, 0.1) is 16.7 Å². The summed E-state index contributed by atoms with van der Waals surface area (Å²) in [6.45, 7) is 4.22. The van der Waals surface area contributed by atoms with Gasteiger partial charge in [0.05, 0.1) is 6.07 Å². The topological polar surface area (TPSA) is 62.7 Å². The molecule has 0 spiro atoms. The van der Waals surface area contributed by atoms with Crippen LogP contribution in [-0.4, -0.2) is 10.1 Å². The van der Waals surface area contributed by atoms with Gasteiger partial charge in [0.15, 0.2) is 5.82 Å². The zero-order chi connectivity index (χ0) is 13.7. The fourth-order valence-electron chi connectivity index (χ4n) is 2.73. The van der Waals surface area contributed by atoms with E-state index in [9.17, 15) is 0 Å². The van der Waals surface area contributed by atoms with Crippen LogP contribution in [0.2, 0.25) is 0 Å². The third-order valence-corrected chi connectivity index (χ3v) is 4.39. The second kappa shape index (κ2) is 6.18. The summed E-state index contributed by atoms with van der Waals surface area (Å²) >= 11 is 0. The fourth-order valence-corrected chi connectivity index (χ4v) is 2.73. The van der Waals surface area contributed by atoms with Crippen molar-refractivity contribution in [2.45, 2.75) is 71.1 Å². The van der Waals surface area contributed by atoms with E-state index in [1.807, 2.05) is 0 Å². The van der Waals surface area contributed by atoms with E-state index in [1.165, 1.54) is 32.1 Å². The number of hydrogen-bond acceptors (Lipinski definition) is 4. The van der Waals surface area contributed by atoms with Crippen LogP contribution in [0.3, 0.4) is 0 Å². The minimum absolute atomic E-state index is 0.0505. The number of nitrogens with zero attached hydrogens (tertiary/aromatic N) is 3. The van der Waals surface area contributed by atoms with Crippen molar-refractivity contribution in [2.24, 2.45) is 5.41 Å². The van der Waals surface area contributed by atoms with Crippen LogP contribution in [0.15, 0.2) is 4.52 Å². The quantitative estimate of drug-likeness (QED) is 0.804. The molecule has 4 heteroatoms. The van der Waals surface area contributed by atoms with Crippen LogP contribution in [0.1, 0.15) is 76.4 Å². The Morgan fingerprint density at radius 1 is 1.37 bits per heavy atom. The van der Waals surface area contributed by atoms with Gasteiger partial charge in [0, 0.05) is 18.8 Å². The lowest BCUT2D eigenvalue weighted by atomic mass is 9.81. The summed E-state index contributed by atoms with van der Waals surface area (Å²) in [5, 5.41) is 13.1. The maximum Gasteiger partial charge on any atom is 0.227 e. The summed E-state index contributed by atoms with van der Waals surface area (Å²) in [7, 11) is 0. The van der Waals surface area contributed by atoms with Crippen molar-refractivity contribution in [3.05, 3.63) is 11.7 Å². The highest BCUT2D eigenvalue weighted by atomic mass is 16.5. The molecule has 1 fully saturated rings. The number of aromatic nitrogens is 2. The summed E-state index contributed by atoms with van der Waals surface area (Å²) in [5.41, 5.74) is -0.0505. The zero-order valence-corrected chi connectivity index (χ0v) is 12.0. The molecule has 1 aliphatic rings. The Balaban J connectivity index is 2.02. The molecule has 0 saturated heterocycles. The van der Waals surface area contributed by atoms with Crippen molar-refractivity contribution in [3.63, 3.8) is 0 Å². The monoisotopic (exact) mass is 261 g/mol. The van der Waals surface area contributed by atoms with E-state index in [1.54, 1.807) is 0 Å². The van der Waals surface area contributed by atoms with Crippen molar-refractivity contribution in [3.8, 4) is 6.07 Å². The standard InChI is InChI=1S/C15H23N3O/c1-3-15(2,9-10-16)11-13-17-14(18-19-13)12-7-5-4-6-8-12/h12H,3-9,11H2,1-2H3. The molecule has 1 unspecified atom stereocenters. The van der Waals surface area contributed by atoms with E-state index in [2.05, 4.69) is 30.1 Å². The average Bonchev–Trinajstić information content (AvgIpc) is 2.88. The first-order chi connectivity index (χ1) is 9.17. The highest BCUT2D eigenvalue weighted by Crippen LogP contribution is 2.33. The Hall–Kier alpha value is -1.37. The third-order valence-electron chi connectivity index (χ3n) is 4.39. The van der Waals surface area contributed by atoms with Gasteiger partial charge in [0.2, 0.25) is 5.89 Å². The molecule has 0 aromatic carbocycles. The van der Waals surface area contributed by atoms with Crippen molar-refractivity contribution in [1.82, 2.24) is 10.1 Å². The van der Waals surface area contributed by atoms with Crippen LogP contribution >= 0.6 is 0 Å². The smallest absolute Gasteiger partial charge is 0.227 e. The van der Waals surface area contributed by atoms with E-state index in [0.29, 0.717) is 24.7 Å². The molecule has 1 aromatic heterocycles. The highest BCUT2D eigenvalue weighted by Gasteiger charge is 2.27. The summed E-state index contributed by atoms with van der Waals surface area (Å²) in [6, 6.07) is 2.26. The van der Waals surface area contributed by atoms with Crippen molar-refractivity contribution < 1.29 is 4.52 Å². The van der Waals surface area contributed by atoms with Gasteiger partial charge in [-0.1, -0.05) is 38.3 Å². The SMILES string of the molecule is CCC(C)(CC#N)Cc1nc(C2CCCCC2)no1. The normalized spacial score (nSPS) is 19.8. The van der Waals surface area contributed by atoms with Crippen LogP contribution in [0.4, 0.5) is 0 Å². The highest BCUT2D eigenvalue weighted by molar-refractivity contribution is 4.99. The third kappa shape index (κ3) is 3.56. The van der Waals surface area contributed by atoms with Crippen LogP contribution in [0.25, 0.3) is 0 Å². The number of rotatable bonds is 5. The van der Waals surface area contributed by atoms with Gasteiger partial charge in [-0.25, -0.2) is 0 Å². The van der Waals surface area contributed by atoms with Crippen LogP contribution in [-0.2, 0) is 6.42 Å². The first kappa shape index (κ1) is 14.0. The largest absolute Gasteiger partial charge is 0.339 e. The molecule has 0 amide bonds. The Morgan fingerprint density at radius 3 is 2.74 bits per heavy atom. The molecule has 1 saturated carbocycles. The molecule has 1 heterocycles. The molecule has 1 aromatic rings. The second-order valence-corrected chi connectivity index (χ2v) is 6.06. The zero-order valence-electron chi connectivity index (χ0n) is 12.0. The predicted molar refractivity (Wildman–Crippen MR) is 72.5 cm³/mol. The average molecular weight is 261 g/mol. The summed E-state index contributed by atoms with van der Waals surface area (Å²) in [4.78, 5) is 4.56. The Labute approximate surface area is 115 Å². The van der Waals surface area contributed by atoms with Crippen LogP contribution < -0.4 is 0 Å². The minimum atomic E-state index is -0.0505. The molecule has 1 atom stereocenters. The molecule has 4 nitrogen and oxygen atoms in total. The fraction of sp³-hybridized carbons (Fsp3) is 0.800. The van der Waals surface area contributed by atoms with Gasteiger partial charge >= 0.3 is 0 Å². The van der Waals surface area contributed by atoms with Crippen molar-refractivity contribution in [2.75, 3.05) is 0 Å². The Bertz CT molecular complexity index is 442. The lowest BCUT2D eigenvalue weighted by molar-refractivity contribution is 0.264. The van der Waals surface area contributed by atoms with Gasteiger partial charge in [-0.2, -0.15) is 10.2 Å². The van der Waals surface area contributed by atoms with E-state index in [4.69, 9.17) is 9.78 Å². The Morgan fingerprint density at radius 2 is 2.11 bits per heavy atom. The molecule has 0 bridgehead atoms. The van der Waals surface area contributed by atoms with E-state index in [0.717, 1.165) is 12.2 Å². The van der Waals surface area contributed by atoms with Gasteiger partial charge in [-0.15, -0.1) is 0 Å². The lowest BCUT2D eigenvalue weighted by Crippen LogP contribution is -2.18. The number of nitriles is 1. The molecule has 19 heavy (non-hydrogen) atoms. The van der Waals surface area contributed by atoms with Gasteiger partial charge in [0.25, 0.3) is 0 Å². The first-order valence-corrected chi connectivity index (χ1v) is 7.36. The first-order valence-electron chi connectivity index (χ1n) is 7.36. The molecule has 104 valence electrons. The predicted octanol–water partition coefficient (Wildman–Crippen LogP) is 3.99. The Kier molecular flexibility index (Phi) is 4.57. The van der Waals surface area contributed by atoms with Gasteiger partial charge in [-0.3, -0.25) is 0 Å². The maximum atomic E-state index is 8.90. The van der Waals surface area contributed by atoms with Gasteiger partial charge in [-0.05, 0) is 24.7 Å². The van der Waals surface area contributed by atoms with E-state index < -0.39 is 0 Å². The van der Waals surface area contributed by atoms with Crippen LogP contribution in [0.5, 0.6) is 0 Å². The van der Waals surface area contributed by atoms with Gasteiger partial charge in [0.1, 0.15) is 0 Å². The van der Waals surface area contributed by atoms with E-state index in [-0.39, 0.29) is 5.41 Å². The van der Waals surface area contributed by atoms with Gasteiger partial charge < -0.3 is 4.52 Å². The molecule has 0 radical (unpaired) electrons. The second-order valence-electron chi connectivity index (χ2n) is 6.06. The summed E-state index contributed by atoms with van der Waals surface area (Å²) in [6.07, 6.45) is 8.43. The lowest BCUT2D eigenvalue weighted by Gasteiger charge is -2.22. The molecule has 0 N–H and O–H groups in total. The molecule has 1 aliphatic carbocycles. The summed E-state index contributed by atoms with van der Waals surface area (Å²) < 4.78 is 5.39.